The Balaban J connectivity index is 1.90. The van der Waals surface area contributed by atoms with Gasteiger partial charge in [0.1, 0.15) is 0 Å². The van der Waals surface area contributed by atoms with E-state index >= 15 is 0 Å². The Morgan fingerprint density at radius 1 is 0.591 bits per heavy atom. The van der Waals surface area contributed by atoms with E-state index in [9.17, 15) is 0 Å². The SMILES string of the molecule is [c]1ccccc1-c1cc2c3c(cccc3c1)-c1ccccc1-2. The lowest BCUT2D eigenvalue weighted by molar-refractivity contribution is 1.63. The topological polar surface area (TPSA) is 0 Å². The zero-order chi connectivity index (χ0) is 14.5. The van der Waals surface area contributed by atoms with E-state index in [4.69, 9.17) is 0 Å². The van der Waals surface area contributed by atoms with Crippen molar-refractivity contribution in [3.05, 3.63) is 84.9 Å². The molecule has 1 aliphatic carbocycles. The van der Waals surface area contributed by atoms with E-state index < -0.39 is 0 Å². The van der Waals surface area contributed by atoms with Crippen molar-refractivity contribution in [3.63, 3.8) is 0 Å². The summed E-state index contributed by atoms with van der Waals surface area (Å²) >= 11 is 0. The molecule has 0 heterocycles. The van der Waals surface area contributed by atoms with Crippen LogP contribution in [0.5, 0.6) is 0 Å². The van der Waals surface area contributed by atoms with Crippen molar-refractivity contribution in [1.29, 1.82) is 0 Å². The van der Waals surface area contributed by atoms with Crippen molar-refractivity contribution in [2.45, 2.75) is 0 Å². The van der Waals surface area contributed by atoms with Gasteiger partial charge in [-0.15, -0.1) is 0 Å². The van der Waals surface area contributed by atoms with E-state index in [-0.39, 0.29) is 0 Å². The number of fused-ring (bicyclic) bond motifs is 3. The summed E-state index contributed by atoms with van der Waals surface area (Å²) in [6.07, 6.45) is 0. The number of benzene rings is 4. The molecule has 0 atom stereocenters. The average molecular weight is 277 g/mol. The smallest absolute Gasteiger partial charge is 0.00259 e. The minimum absolute atomic E-state index is 1.15. The van der Waals surface area contributed by atoms with Crippen LogP contribution >= 0.6 is 0 Å². The Morgan fingerprint density at radius 3 is 2.18 bits per heavy atom. The Labute approximate surface area is 129 Å². The van der Waals surface area contributed by atoms with Crippen LogP contribution in [0.25, 0.3) is 44.2 Å². The van der Waals surface area contributed by atoms with Crippen molar-refractivity contribution in [3.8, 4) is 33.4 Å². The molecular formula is C22H13. The Kier molecular flexibility index (Phi) is 2.31. The number of hydrogen-bond acceptors (Lipinski definition) is 0. The second kappa shape index (κ2) is 4.32. The van der Waals surface area contributed by atoms with Crippen LogP contribution in [-0.4, -0.2) is 0 Å². The fraction of sp³-hybridized carbons (Fsp3) is 0. The van der Waals surface area contributed by atoms with Crippen molar-refractivity contribution in [2.24, 2.45) is 0 Å². The predicted octanol–water partition coefficient (Wildman–Crippen LogP) is 5.95. The molecule has 101 valence electrons. The van der Waals surface area contributed by atoms with Crippen LogP contribution in [0.2, 0.25) is 0 Å². The highest BCUT2D eigenvalue weighted by Gasteiger charge is 2.21. The van der Waals surface area contributed by atoms with Gasteiger partial charge in [-0.05, 0) is 62.4 Å². The first-order chi connectivity index (χ1) is 10.9. The standard InChI is InChI=1S/C22H13/c1-2-7-15(8-3-1)17-13-16-9-6-12-20-18-10-4-5-11-19(18)21(14-17)22(16)20/h1-7,9-14H. The molecular weight excluding hydrogens is 264 g/mol. The van der Waals surface area contributed by atoms with Crippen LogP contribution in [0.15, 0.2) is 78.9 Å². The highest BCUT2D eigenvalue weighted by molar-refractivity contribution is 6.16. The quantitative estimate of drug-likeness (QED) is 0.355. The molecule has 5 rings (SSSR count). The van der Waals surface area contributed by atoms with E-state index in [1.165, 1.54) is 38.6 Å². The number of rotatable bonds is 1. The summed E-state index contributed by atoms with van der Waals surface area (Å²) in [7, 11) is 0. The normalized spacial score (nSPS) is 11.6. The lowest BCUT2D eigenvalue weighted by Crippen LogP contribution is -1.82. The van der Waals surface area contributed by atoms with Gasteiger partial charge in [-0.1, -0.05) is 66.7 Å². The molecule has 0 aliphatic heterocycles. The van der Waals surface area contributed by atoms with Crippen LogP contribution in [-0.2, 0) is 0 Å². The van der Waals surface area contributed by atoms with E-state index in [2.05, 4.69) is 72.8 Å². The molecule has 22 heavy (non-hydrogen) atoms. The highest BCUT2D eigenvalue weighted by atomic mass is 14.2. The first-order valence-corrected chi connectivity index (χ1v) is 7.55. The highest BCUT2D eigenvalue weighted by Crippen LogP contribution is 2.48. The van der Waals surface area contributed by atoms with Gasteiger partial charge in [-0.3, -0.25) is 0 Å². The van der Waals surface area contributed by atoms with Gasteiger partial charge in [0.05, 0.1) is 0 Å². The van der Waals surface area contributed by atoms with Crippen LogP contribution < -0.4 is 0 Å². The summed E-state index contributed by atoms with van der Waals surface area (Å²) in [6.45, 7) is 0. The van der Waals surface area contributed by atoms with Gasteiger partial charge in [-0.25, -0.2) is 0 Å². The zero-order valence-electron chi connectivity index (χ0n) is 12.0. The van der Waals surface area contributed by atoms with Gasteiger partial charge >= 0.3 is 0 Å². The molecule has 0 unspecified atom stereocenters. The van der Waals surface area contributed by atoms with E-state index in [1.54, 1.807) is 0 Å². The molecule has 0 amide bonds. The van der Waals surface area contributed by atoms with Crippen molar-refractivity contribution < 1.29 is 0 Å². The maximum atomic E-state index is 3.34. The predicted molar refractivity (Wildman–Crippen MR) is 92.7 cm³/mol. The maximum absolute atomic E-state index is 3.34. The summed E-state index contributed by atoms with van der Waals surface area (Å²) in [5.41, 5.74) is 7.76. The van der Waals surface area contributed by atoms with Crippen molar-refractivity contribution >= 4 is 10.8 Å². The molecule has 0 saturated heterocycles. The lowest BCUT2D eigenvalue weighted by atomic mass is 9.96. The van der Waals surface area contributed by atoms with Crippen molar-refractivity contribution in [1.82, 2.24) is 0 Å². The molecule has 4 aromatic rings. The monoisotopic (exact) mass is 277 g/mol. The van der Waals surface area contributed by atoms with E-state index in [0.717, 1.165) is 5.56 Å². The molecule has 0 saturated carbocycles. The second-order valence-electron chi connectivity index (χ2n) is 5.75. The maximum Gasteiger partial charge on any atom is -0.00259 e. The summed E-state index contributed by atoms with van der Waals surface area (Å²) in [6, 6.07) is 31.4. The Morgan fingerprint density at radius 2 is 1.36 bits per heavy atom. The molecule has 0 bridgehead atoms. The van der Waals surface area contributed by atoms with Crippen molar-refractivity contribution in [2.75, 3.05) is 0 Å². The molecule has 0 aromatic heterocycles. The largest absolute Gasteiger partial charge is 0.0616 e. The van der Waals surface area contributed by atoms with Crippen LogP contribution in [0.1, 0.15) is 0 Å². The second-order valence-corrected chi connectivity index (χ2v) is 5.75. The van der Waals surface area contributed by atoms with Gasteiger partial charge in [0.2, 0.25) is 0 Å². The first kappa shape index (κ1) is 11.8. The van der Waals surface area contributed by atoms with Gasteiger partial charge in [-0.2, -0.15) is 0 Å². The minimum atomic E-state index is 1.15. The summed E-state index contributed by atoms with van der Waals surface area (Å²) in [5.74, 6) is 0. The van der Waals surface area contributed by atoms with Gasteiger partial charge in [0.15, 0.2) is 0 Å². The Bertz CT molecular complexity index is 1010. The summed E-state index contributed by atoms with van der Waals surface area (Å²) in [4.78, 5) is 0. The third kappa shape index (κ3) is 1.52. The average Bonchev–Trinajstić information content (AvgIpc) is 2.92. The van der Waals surface area contributed by atoms with Crippen LogP contribution in [0, 0.1) is 6.07 Å². The van der Waals surface area contributed by atoms with Gasteiger partial charge in [0.25, 0.3) is 0 Å². The molecule has 0 spiro atoms. The first-order valence-electron chi connectivity index (χ1n) is 7.55. The molecule has 0 heteroatoms. The van der Waals surface area contributed by atoms with E-state index in [0.29, 0.717) is 0 Å². The van der Waals surface area contributed by atoms with Gasteiger partial charge < -0.3 is 0 Å². The molecule has 1 aliphatic rings. The molecule has 4 aromatic carbocycles. The number of hydrogen-bond donors (Lipinski definition) is 0. The molecule has 0 fully saturated rings. The van der Waals surface area contributed by atoms with Crippen LogP contribution in [0.3, 0.4) is 0 Å². The molecule has 0 N–H and O–H groups in total. The Hall–Kier alpha value is -2.86. The zero-order valence-corrected chi connectivity index (χ0v) is 12.0. The fourth-order valence-corrected chi connectivity index (χ4v) is 3.55. The lowest BCUT2D eigenvalue weighted by Gasteiger charge is -2.07. The van der Waals surface area contributed by atoms with Gasteiger partial charge in [0, 0.05) is 0 Å². The summed E-state index contributed by atoms with van der Waals surface area (Å²) in [5, 5.41) is 2.68. The third-order valence-electron chi connectivity index (χ3n) is 4.50. The summed E-state index contributed by atoms with van der Waals surface area (Å²) < 4.78 is 0. The molecule has 0 nitrogen and oxygen atoms in total. The minimum Gasteiger partial charge on any atom is -0.0616 e. The molecule has 1 radical (unpaired) electrons. The third-order valence-corrected chi connectivity index (χ3v) is 4.50. The fourth-order valence-electron chi connectivity index (χ4n) is 3.55. The van der Waals surface area contributed by atoms with Crippen LogP contribution in [0.4, 0.5) is 0 Å². The van der Waals surface area contributed by atoms with E-state index in [1.807, 2.05) is 12.1 Å².